The smallest absolute Gasteiger partial charge is 0.0940 e. The number of hydrogen-bond donors (Lipinski definition) is 4. The van der Waals surface area contributed by atoms with Crippen LogP contribution in [0.1, 0.15) is 58.8 Å². The Kier molecular flexibility index (Phi) is 3.59. The molecule has 2 bridgehead atoms. The Labute approximate surface area is 144 Å². The Morgan fingerprint density at radius 1 is 1.08 bits per heavy atom. The minimum Gasteiger partial charge on any atom is -0.396 e. The largest absolute Gasteiger partial charge is 0.396 e. The first-order valence-corrected chi connectivity index (χ1v) is 9.59. The second-order valence-corrected chi connectivity index (χ2v) is 9.66. The Bertz CT molecular complexity index is 574. The third kappa shape index (κ3) is 1.83. The van der Waals surface area contributed by atoms with Crippen molar-refractivity contribution < 1.29 is 20.4 Å². The zero-order valence-corrected chi connectivity index (χ0v) is 15.0. The Morgan fingerprint density at radius 3 is 2.50 bits per heavy atom. The Balaban J connectivity index is 1.81. The van der Waals surface area contributed by atoms with Crippen LogP contribution in [0.3, 0.4) is 0 Å². The summed E-state index contributed by atoms with van der Waals surface area (Å²) in [4.78, 5) is 0. The van der Waals surface area contributed by atoms with Gasteiger partial charge in [0.15, 0.2) is 0 Å². The molecule has 7 atom stereocenters. The molecular weight excluding hydrogens is 304 g/mol. The van der Waals surface area contributed by atoms with Crippen molar-refractivity contribution in [1.29, 1.82) is 0 Å². The molecule has 136 valence electrons. The van der Waals surface area contributed by atoms with Crippen LogP contribution in [-0.4, -0.2) is 45.3 Å². The maximum atomic E-state index is 11.0. The van der Waals surface area contributed by atoms with Gasteiger partial charge in [-0.05, 0) is 60.8 Å². The quantitative estimate of drug-likeness (QED) is 0.582. The number of aliphatic hydroxyl groups is 4. The highest BCUT2D eigenvalue weighted by Gasteiger charge is 2.68. The molecule has 3 fully saturated rings. The van der Waals surface area contributed by atoms with Gasteiger partial charge in [-0.3, -0.25) is 0 Å². The van der Waals surface area contributed by atoms with Gasteiger partial charge in [-0.2, -0.15) is 0 Å². The number of hydrogen-bond acceptors (Lipinski definition) is 4. The van der Waals surface area contributed by atoms with E-state index in [0.29, 0.717) is 18.8 Å². The Morgan fingerprint density at radius 2 is 1.83 bits per heavy atom. The molecular formula is C20H32O4. The van der Waals surface area contributed by atoms with Gasteiger partial charge < -0.3 is 20.4 Å². The van der Waals surface area contributed by atoms with Gasteiger partial charge in [0.2, 0.25) is 0 Å². The maximum Gasteiger partial charge on any atom is 0.0940 e. The molecule has 0 heterocycles. The van der Waals surface area contributed by atoms with Gasteiger partial charge in [0, 0.05) is 17.9 Å². The van der Waals surface area contributed by atoms with Crippen LogP contribution in [0.2, 0.25) is 0 Å². The van der Waals surface area contributed by atoms with Crippen molar-refractivity contribution in [1.82, 2.24) is 0 Å². The van der Waals surface area contributed by atoms with E-state index in [-0.39, 0.29) is 35.4 Å². The molecule has 4 nitrogen and oxygen atoms in total. The van der Waals surface area contributed by atoms with Gasteiger partial charge in [-0.25, -0.2) is 0 Å². The first-order valence-electron chi connectivity index (χ1n) is 9.59. The molecule has 4 heteroatoms. The van der Waals surface area contributed by atoms with Crippen LogP contribution in [0.25, 0.3) is 0 Å². The van der Waals surface area contributed by atoms with Gasteiger partial charge in [0.05, 0.1) is 18.3 Å². The fourth-order valence-electron chi connectivity index (χ4n) is 7.24. The van der Waals surface area contributed by atoms with Crippen LogP contribution < -0.4 is 0 Å². The van der Waals surface area contributed by atoms with Crippen molar-refractivity contribution in [3.8, 4) is 0 Å². The van der Waals surface area contributed by atoms with Crippen LogP contribution in [0.5, 0.6) is 0 Å². The van der Waals surface area contributed by atoms with E-state index in [9.17, 15) is 20.4 Å². The molecule has 0 aliphatic heterocycles. The predicted octanol–water partition coefficient (Wildman–Crippen LogP) is 2.01. The highest BCUT2D eigenvalue weighted by Crippen LogP contribution is 2.73. The standard InChI is InChI=1S/C20H32O4/c1-17(11-21)4-3-5-18(2)16(17)9-15(23)14-8-13-10-19(14,18)6-7-20(13,24)12-22/h8,13,15-16,21-24H,3-7,9-12H2,1-2H3/t13-,15-,16+,17+,18+,19+,20+/m1/s1. The maximum absolute atomic E-state index is 11.0. The first-order chi connectivity index (χ1) is 11.2. The van der Waals surface area contributed by atoms with Gasteiger partial charge >= 0.3 is 0 Å². The van der Waals surface area contributed by atoms with Crippen molar-refractivity contribution in [3.05, 3.63) is 11.6 Å². The highest BCUT2D eigenvalue weighted by atomic mass is 16.3. The van der Waals surface area contributed by atoms with E-state index in [1.807, 2.05) is 0 Å². The van der Waals surface area contributed by atoms with Crippen molar-refractivity contribution in [3.63, 3.8) is 0 Å². The molecule has 0 unspecified atom stereocenters. The monoisotopic (exact) mass is 336 g/mol. The SMILES string of the molecule is C[C@@]1(CO)CCC[C@@]2(C)[C@H]1C[C@@H](O)C1=C[C@@H]3C[C@@]12CC[C@]3(O)CO. The summed E-state index contributed by atoms with van der Waals surface area (Å²) in [5.74, 6) is 0.244. The van der Waals surface area contributed by atoms with Crippen LogP contribution >= 0.6 is 0 Å². The molecule has 0 amide bonds. The van der Waals surface area contributed by atoms with Gasteiger partial charge in [-0.1, -0.05) is 26.3 Å². The van der Waals surface area contributed by atoms with E-state index in [2.05, 4.69) is 19.9 Å². The van der Waals surface area contributed by atoms with E-state index in [1.165, 1.54) is 0 Å². The molecule has 1 spiro atoms. The summed E-state index contributed by atoms with van der Waals surface area (Å²) < 4.78 is 0. The van der Waals surface area contributed by atoms with Crippen molar-refractivity contribution >= 4 is 0 Å². The second-order valence-electron chi connectivity index (χ2n) is 9.66. The zero-order valence-electron chi connectivity index (χ0n) is 15.0. The highest BCUT2D eigenvalue weighted by molar-refractivity contribution is 5.37. The number of rotatable bonds is 2. The van der Waals surface area contributed by atoms with Crippen molar-refractivity contribution in [2.45, 2.75) is 70.5 Å². The summed E-state index contributed by atoms with van der Waals surface area (Å²) >= 11 is 0. The molecule has 4 rings (SSSR count). The van der Waals surface area contributed by atoms with Gasteiger partial charge in [-0.15, -0.1) is 0 Å². The molecule has 4 N–H and O–H groups in total. The molecule has 0 saturated heterocycles. The second kappa shape index (κ2) is 5.06. The average molecular weight is 336 g/mol. The van der Waals surface area contributed by atoms with Crippen LogP contribution in [0.15, 0.2) is 11.6 Å². The van der Waals surface area contributed by atoms with E-state index in [4.69, 9.17) is 0 Å². The molecule has 4 aliphatic rings. The lowest BCUT2D eigenvalue weighted by molar-refractivity contribution is -0.175. The fraction of sp³-hybridized carbons (Fsp3) is 0.900. The molecule has 4 aliphatic carbocycles. The molecule has 3 saturated carbocycles. The van der Waals surface area contributed by atoms with E-state index < -0.39 is 11.7 Å². The normalized spacial score (nSPS) is 56.4. The molecule has 0 aromatic heterocycles. The summed E-state index contributed by atoms with van der Waals surface area (Å²) in [6.07, 6.45) is 7.87. The van der Waals surface area contributed by atoms with Crippen molar-refractivity contribution in [2.75, 3.05) is 13.2 Å². The average Bonchev–Trinajstić information content (AvgIpc) is 2.93. The number of aliphatic hydroxyl groups excluding tert-OH is 3. The molecule has 0 aromatic rings. The third-order valence-electron chi connectivity index (χ3n) is 8.78. The Hall–Kier alpha value is -0.420. The molecule has 0 radical (unpaired) electrons. The number of fused-ring (bicyclic) bond motifs is 2. The first kappa shape index (κ1) is 17.0. The van der Waals surface area contributed by atoms with Gasteiger partial charge in [0.1, 0.15) is 0 Å². The fourth-order valence-corrected chi connectivity index (χ4v) is 7.24. The lowest BCUT2D eigenvalue weighted by Gasteiger charge is -2.65. The molecule has 24 heavy (non-hydrogen) atoms. The lowest BCUT2D eigenvalue weighted by atomic mass is 9.39. The van der Waals surface area contributed by atoms with E-state index in [1.54, 1.807) is 0 Å². The van der Waals surface area contributed by atoms with Crippen LogP contribution in [-0.2, 0) is 0 Å². The zero-order chi connectivity index (χ0) is 17.4. The lowest BCUT2D eigenvalue weighted by Crippen LogP contribution is -2.61. The topological polar surface area (TPSA) is 80.9 Å². The third-order valence-corrected chi connectivity index (χ3v) is 8.78. The predicted molar refractivity (Wildman–Crippen MR) is 91.2 cm³/mol. The summed E-state index contributed by atoms with van der Waals surface area (Å²) in [7, 11) is 0. The van der Waals surface area contributed by atoms with Gasteiger partial charge in [0.25, 0.3) is 0 Å². The minimum absolute atomic E-state index is 0.0549. The minimum atomic E-state index is -1.03. The molecule has 0 aromatic carbocycles. The van der Waals surface area contributed by atoms with Crippen LogP contribution in [0, 0.1) is 28.1 Å². The van der Waals surface area contributed by atoms with E-state index in [0.717, 1.165) is 37.7 Å². The van der Waals surface area contributed by atoms with Crippen molar-refractivity contribution in [2.24, 2.45) is 28.1 Å². The summed E-state index contributed by atoms with van der Waals surface area (Å²) in [5.41, 5.74) is -0.0528. The summed E-state index contributed by atoms with van der Waals surface area (Å²) in [6, 6.07) is 0. The summed E-state index contributed by atoms with van der Waals surface area (Å²) in [5, 5.41) is 41.6. The van der Waals surface area contributed by atoms with Crippen LogP contribution in [0.4, 0.5) is 0 Å². The summed E-state index contributed by atoms with van der Waals surface area (Å²) in [6.45, 7) is 4.53. The van der Waals surface area contributed by atoms with E-state index >= 15 is 0 Å².